The minimum absolute atomic E-state index is 0.309. The largest absolute Gasteiger partial charge is 0.438 e. The summed E-state index contributed by atoms with van der Waals surface area (Å²) in [4.78, 5) is 8.02. The summed E-state index contributed by atoms with van der Waals surface area (Å²) in [6, 6.07) is 5.67. The fourth-order valence-corrected chi connectivity index (χ4v) is 1.23. The maximum absolute atomic E-state index is 12.6. The lowest BCUT2D eigenvalue weighted by Gasteiger charge is -2.03. The Balaban J connectivity index is 2.11. The summed E-state index contributed by atoms with van der Waals surface area (Å²) in [5.74, 6) is 0.856. The summed E-state index contributed by atoms with van der Waals surface area (Å²) in [5.41, 5.74) is 0.674. The van der Waals surface area contributed by atoms with E-state index in [1.165, 1.54) is 36.7 Å². The molecule has 1 aromatic carbocycles. The van der Waals surface area contributed by atoms with Gasteiger partial charge < -0.3 is 4.74 Å². The number of rotatable bonds is 3. The highest BCUT2D eigenvalue weighted by Gasteiger charge is 2.00. The second kappa shape index (κ2) is 4.90. The van der Waals surface area contributed by atoms with Crippen molar-refractivity contribution in [2.24, 2.45) is 0 Å². The van der Waals surface area contributed by atoms with Gasteiger partial charge in [0.2, 0.25) is 5.88 Å². The van der Waals surface area contributed by atoms with E-state index in [2.05, 4.69) is 9.97 Å². The first-order valence-electron chi connectivity index (χ1n) is 4.58. The Morgan fingerprint density at radius 2 is 1.88 bits per heavy atom. The van der Waals surface area contributed by atoms with E-state index in [-0.39, 0.29) is 5.82 Å². The molecule has 0 aliphatic heterocycles. The number of ether oxygens (including phenoxy) is 1. The summed E-state index contributed by atoms with van der Waals surface area (Å²) in [5, 5.41) is 0. The molecule has 0 radical (unpaired) electrons. The highest BCUT2D eigenvalue weighted by Crippen LogP contribution is 2.18. The van der Waals surface area contributed by atoms with Gasteiger partial charge in [0.25, 0.3) is 0 Å². The van der Waals surface area contributed by atoms with Gasteiger partial charge >= 0.3 is 0 Å². The molecule has 2 rings (SSSR count). The fourth-order valence-electron chi connectivity index (χ4n) is 1.09. The maximum atomic E-state index is 12.6. The van der Waals surface area contributed by atoms with Crippen molar-refractivity contribution in [1.29, 1.82) is 0 Å². The van der Waals surface area contributed by atoms with Crippen molar-refractivity contribution in [2.75, 3.05) is 0 Å². The van der Waals surface area contributed by atoms with Crippen LogP contribution in [0.4, 0.5) is 4.39 Å². The van der Waals surface area contributed by atoms with Crippen molar-refractivity contribution >= 4 is 11.6 Å². The van der Waals surface area contributed by atoms with Crippen LogP contribution < -0.4 is 4.74 Å². The number of halogens is 2. The molecule has 0 aliphatic carbocycles. The molecule has 0 saturated carbocycles. The number of hydrogen-bond donors (Lipinski definition) is 0. The van der Waals surface area contributed by atoms with E-state index >= 15 is 0 Å². The van der Waals surface area contributed by atoms with Gasteiger partial charge in [0.1, 0.15) is 11.6 Å². The quantitative estimate of drug-likeness (QED) is 0.771. The Labute approximate surface area is 96.9 Å². The van der Waals surface area contributed by atoms with E-state index in [1.807, 2.05) is 0 Å². The monoisotopic (exact) mass is 238 g/mol. The number of aromatic nitrogens is 2. The lowest BCUT2D eigenvalue weighted by Crippen LogP contribution is -1.92. The third-order valence-corrected chi connectivity index (χ3v) is 2.13. The van der Waals surface area contributed by atoms with E-state index in [0.717, 1.165) is 0 Å². The summed E-state index contributed by atoms with van der Waals surface area (Å²) in [6.45, 7) is 0. The Kier molecular flexibility index (Phi) is 3.31. The smallest absolute Gasteiger partial charge is 0.237 e. The molecule has 0 saturated heterocycles. The second-order valence-corrected chi connectivity index (χ2v) is 3.30. The summed E-state index contributed by atoms with van der Waals surface area (Å²) >= 11 is 5.57. The molecule has 0 N–H and O–H groups in total. The van der Waals surface area contributed by atoms with Crippen LogP contribution in [0.2, 0.25) is 0 Å². The molecule has 3 nitrogen and oxygen atoms in total. The molecule has 0 unspecified atom stereocenters. The van der Waals surface area contributed by atoms with Gasteiger partial charge in [0.05, 0.1) is 24.0 Å². The van der Waals surface area contributed by atoms with E-state index < -0.39 is 0 Å². The van der Waals surface area contributed by atoms with Crippen LogP contribution >= 0.6 is 11.6 Å². The van der Waals surface area contributed by atoms with Crippen LogP contribution in [0.1, 0.15) is 5.69 Å². The molecule has 0 fully saturated rings. The lowest BCUT2D eigenvalue weighted by atomic mass is 10.3. The van der Waals surface area contributed by atoms with E-state index in [4.69, 9.17) is 16.3 Å². The zero-order valence-electron chi connectivity index (χ0n) is 8.23. The van der Waals surface area contributed by atoms with Crippen LogP contribution in [-0.2, 0) is 5.88 Å². The zero-order valence-corrected chi connectivity index (χ0v) is 8.99. The SMILES string of the molecule is Fc1ccc(Oc2cnc(CCl)cn2)cc1. The number of hydrogen-bond acceptors (Lipinski definition) is 3. The third-order valence-electron chi connectivity index (χ3n) is 1.85. The molecule has 0 atom stereocenters. The maximum Gasteiger partial charge on any atom is 0.237 e. The summed E-state index contributed by atoms with van der Waals surface area (Å²) in [7, 11) is 0. The van der Waals surface area contributed by atoms with Crippen molar-refractivity contribution in [3.8, 4) is 11.6 Å². The summed E-state index contributed by atoms with van der Waals surface area (Å²) in [6.07, 6.45) is 3.01. The Bertz CT molecular complexity index is 458. The highest BCUT2D eigenvalue weighted by molar-refractivity contribution is 6.16. The van der Waals surface area contributed by atoms with Gasteiger partial charge in [-0.3, -0.25) is 4.98 Å². The highest BCUT2D eigenvalue weighted by atomic mass is 35.5. The van der Waals surface area contributed by atoms with E-state index in [0.29, 0.717) is 23.2 Å². The number of nitrogens with zero attached hydrogens (tertiary/aromatic N) is 2. The molecule has 1 aromatic heterocycles. The van der Waals surface area contributed by atoms with Crippen molar-refractivity contribution in [3.05, 3.63) is 48.2 Å². The standard InChI is InChI=1S/C11H8ClFN2O/c12-5-9-6-15-11(7-14-9)16-10-3-1-8(13)2-4-10/h1-4,6-7H,5H2. The van der Waals surface area contributed by atoms with E-state index in [9.17, 15) is 4.39 Å². The van der Waals surface area contributed by atoms with E-state index in [1.54, 1.807) is 0 Å². The normalized spacial score (nSPS) is 10.1. The molecule has 0 spiro atoms. The minimum atomic E-state index is -0.309. The molecule has 82 valence electrons. The molecule has 0 bridgehead atoms. The Morgan fingerprint density at radius 3 is 2.44 bits per heavy atom. The molecule has 5 heteroatoms. The van der Waals surface area contributed by atoms with Crippen LogP contribution in [-0.4, -0.2) is 9.97 Å². The Hall–Kier alpha value is -1.68. The van der Waals surface area contributed by atoms with Crippen molar-refractivity contribution in [3.63, 3.8) is 0 Å². The van der Waals surface area contributed by atoms with Crippen molar-refractivity contribution < 1.29 is 9.13 Å². The predicted molar refractivity (Wildman–Crippen MR) is 58.1 cm³/mol. The van der Waals surface area contributed by atoms with Crippen LogP contribution in [0.25, 0.3) is 0 Å². The van der Waals surface area contributed by atoms with Gasteiger partial charge in [0, 0.05) is 0 Å². The van der Waals surface area contributed by atoms with Crippen molar-refractivity contribution in [2.45, 2.75) is 5.88 Å². The minimum Gasteiger partial charge on any atom is -0.438 e. The molecule has 1 heterocycles. The van der Waals surface area contributed by atoms with Gasteiger partial charge in [-0.1, -0.05) is 0 Å². The van der Waals surface area contributed by atoms with Gasteiger partial charge in [-0.05, 0) is 24.3 Å². The van der Waals surface area contributed by atoms with Crippen LogP contribution in [0, 0.1) is 5.82 Å². The van der Waals surface area contributed by atoms with Crippen LogP contribution in [0.5, 0.6) is 11.6 Å². The van der Waals surface area contributed by atoms with Crippen LogP contribution in [0.3, 0.4) is 0 Å². The average molecular weight is 239 g/mol. The first-order valence-corrected chi connectivity index (χ1v) is 5.11. The Morgan fingerprint density at radius 1 is 1.12 bits per heavy atom. The first kappa shape index (κ1) is 10.8. The number of alkyl halides is 1. The lowest BCUT2D eigenvalue weighted by molar-refractivity contribution is 0.458. The first-order chi connectivity index (χ1) is 7.78. The molecular formula is C11H8ClFN2O. The molecule has 0 amide bonds. The molecule has 2 aromatic rings. The second-order valence-electron chi connectivity index (χ2n) is 3.04. The molecule has 0 aliphatic rings. The average Bonchev–Trinajstić information content (AvgIpc) is 2.33. The van der Waals surface area contributed by atoms with Gasteiger partial charge in [-0.2, -0.15) is 0 Å². The van der Waals surface area contributed by atoms with Crippen LogP contribution in [0.15, 0.2) is 36.7 Å². The predicted octanol–water partition coefficient (Wildman–Crippen LogP) is 3.15. The molecular weight excluding hydrogens is 231 g/mol. The third kappa shape index (κ3) is 2.67. The zero-order chi connectivity index (χ0) is 11.4. The number of benzene rings is 1. The van der Waals surface area contributed by atoms with Gasteiger partial charge in [-0.25, -0.2) is 9.37 Å². The molecule has 16 heavy (non-hydrogen) atoms. The van der Waals surface area contributed by atoms with Gasteiger partial charge in [0.15, 0.2) is 0 Å². The fraction of sp³-hybridized carbons (Fsp3) is 0.0909. The topological polar surface area (TPSA) is 35.0 Å². The summed E-state index contributed by atoms with van der Waals surface area (Å²) < 4.78 is 18.0. The van der Waals surface area contributed by atoms with Crippen molar-refractivity contribution in [1.82, 2.24) is 9.97 Å². The van der Waals surface area contributed by atoms with Gasteiger partial charge in [-0.15, -0.1) is 11.6 Å².